The van der Waals surface area contributed by atoms with E-state index in [1.54, 1.807) is 31.2 Å². The highest BCUT2D eigenvalue weighted by atomic mass is 16.1. The highest BCUT2D eigenvalue weighted by molar-refractivity contribution is 6.02. The molecule has 0 spiro atoms. The predicted octanol–water partition coefficient (Wildman–Crippen LogP) is 2.51. The fraction of sp³-hybridized carbons (Fsp3) is 0.0714. The molecule has 0 aliphatic carbocycles. The van der Waals surface area contributed by atoms with Crippen LogP contribution in [0.25, 0.3) is 0 Å². The van der Waals surface area contributed by atoms with Gasteiger partial charge in [0.25, 0.3) is 5.91 Å². The number of nitriles is 1. The number of nitrogens with zero attached hydrogens (tertiary/aromatic N) is 2. The first kappa shape index (κ1) is 11.8. The zero-order valence-electron chi connectivity index (χ0n) is 9.84. The van der Waals surface area contributed by atoms with Gasteiger partial charge < -0.3 is 5.32 Å². The molecule has 0 fully saturated rings. The molecule has 4 heteroatoms. The first-order valence-electron chi connectivity index (χ1n) is 5.45. The number of rotatable bonds is 2. The summed E-state index contributed by atoms with van der Waals surface area (Å²) in [5.74, 6) is -0.284. The van der Waals surface area contributed by atoms with Gasteiger partial charge in [-0.25, -0.2) is 4.98 Å². The number of para-hydroxylation sites is 1. The highest BCUT2D eigenvalue weighted by Gasteiger charge is 2.09. The quantitative estimate of drug-likeness (QED) is 0.872. The summed E-state index contributed by atoms with van der Waals surface area (Å²) in [7, 11) is 0. The Kier molecular flexibility index (Phi) is 3.35. The summed E-state index contributed by atoms with van der Waals surface area (Å²) in [6.07, 6.45) is 0. The largest absolute Gasteiger partial charge is 0.321 e. The third kappa shape index (κ3) is 2.53. The number of carbonyl (C=O) groups excluding carboxylic acids is 1. The maximum absolute atomic E-state index is 11.9. The van der Waals surface area contributed by atoms with E-state index in [4.69, 9.17) is 5.26 Å². The summed E-state index contributed by atoms with van der Waals surface area (Å²) < 4.78 is 0. The minimum absolute atomic E-state index is 0.284. The van der Waals surface area contributed by atoms with Crippen molar-refractivity contribution >= 4 is 11.6 Å². The molecule has 2 aromatic rings. The van der Waals surface area contributed by atoms with Crippen LogP contribution in [0.4, 0.5) is 5.69 Å². The molecule has 0 atom stereocenters. The fourth-order valence-corrected chi connectivity index (χ4v) is 1.52. The maximum atomic E-state index is 11.9. The molecule has 88 valence electrons. The minimum Gasteiger partial charge on any atom is -0.321 e. The number of carbonyl (C=O) groups is 1. The average molecular weight is 237 g/mol. The molecule has 1 aromatic carbocycles. The second-order valence-corrected chi connectivity index (χ2v) is 3.76. The lowest BCUT2D eigenvalue weighted by Gasteiger charge is -2.05. The summed E-state index contributed by atoms with van der Waals surface area (Å²) >= 11 is 0. The third-order valence-electron chi connectivity index (χ3n) is 2.47. The molecule has 2 rings (SSSR count). The molecule has 1 aromatic heterocycles. The molecule has 0 aliphatic heterocycles. The molecular weight excluding hydrogens is 226 g/mol. The van der Waals surface area contributed by atoms with E-state index < -0.39 is 0 Å². The van der Waals surface area contributed by atoms with Gasteiger partial charge in [-0.1, -0.05) is 18.2 Å². The van der Waals surface area contributed by atoms with Crippen molar-refractivity contribution < 1.29 is 4.79 Å². The topological polar surface area (TPSA) is 65.8 Å². The molecule has 18 heavy (non-hydrogen) atoms. The van der Waals surface area contributed by atoms with E-state index >= 15 is 0 Å². The van der Waals surface area contributed by atoms with Crippen LogP contribution in [0, 0.1) is 18.3 Å². The number of benzene rings is 1. The van der Waals surface area contributed by atoms with Crippen molar-refractivity contribution in [2.24, 2.45) is 0 Å². The monoisotopic (exact) mass is 237 g/mol. The summed E-state index contributed by atoms with van der Waals surface area (Å²) in [4.78, 5) is 16.0. The third-order valence-corrected chi connectivity index (χ3v) is 2.47. The summed E-state index contributed by atoms with van der Waals surface area (Å²) in [6, 6.07) is 14.3. The average Bonchev–Trinajstić information content (AvgIpc) is 2.39. The molecule has 0 radical (unpaired) electrons. The number of aryl methyl sites for hydroxylation is 1. The van der Waals surface area contributed by atoms with Gasteiger partial charge in [-0.05, 0) is 31.2 Å². The zero-order chi connectivity index (χ0) is 13.0. The Bertz CT molecular complexity index is 615. The Labute approximate surface area is 105 Å². The Balaban J connectivity index is 2.20. The summed E-state index contributed by atoms with van der Waals surface area (Å²) in [6.45, 7) is 1.71. The van der Waals surface area contributed by atoms with E-state index in [-0.39, 0.29) is 5.91 Å². The second-order valence-electron chi connectivity index (χ2n) is 3.76. The smallest absolute Gasteiger partial charge is 0.274 e. The lowest BCUT2D eigenvalue weighted by atomic mass is 10.2. The molecule has 0 bridgehead atoms. The Hall–Kier alpha value is -2.67. The molecule has 1 N–H and O–H groups in total. The van der Waals surface area contributed by atoms with Crippen molar-refractivity contribution in [1.82, 2.24) is 4.98 Å². The van der Waals surface area contributed by atoms with Gasteiger partial charge >= 0.3 is 0 Å². The Morgan fingerprint density at radius 2 is 1.94 bits per heavy atom. The SMILES string of the molecule is Cc1nc(C(=O)Nc2ccccc2)ccc1C#N. The normalized spacial score (nSPS) is 9.56. The van der Waals surface area contributed by atoms with Gasteiger partial charge in [0.05, 0.1) is 11.3 Å². The van der Waals surface area contributed by atoms with Gasteiger partial charge in [0.1, 0.15) is 11.8 Å². The van der Waals surface area contributed by atoms with Crippen LogP contribution >= 0.6 is 0 Å². The van der Waals surface area contributed by atoms with Crippen LogP contribution in [0.5, 0.6) is 0 Å². The number of nitrogens with one attached hydrogen (secondary N) is 1. The Morgan fingerprint density at radius 1 is 1.22 bits per heavy atom. The minimum atomic E-state index is -0.284. The van der Waals surface area contributed by atoms with Gasteiger partial charge in [0.15, 0.2) is 0 Å². The summed E-state index contributed by atoms with van der Waals surface area (Å²) in [5, 5.41) is 11.5. The number of amides is 1. The van der Waals surface area contributed by atoms with Gasteiger partial charge in [-0.15, -0.1) is 0 Å². The van der Waals surface area contributed by atoms with Crippen molar-refractivity contribution in [1.29, 1.82) is 5.26 Å². The number of pyridine rings is 1. The molecule has 4 nitrogen and oxygen atoms in total. The standard InChI is InChI=1S/C14H11N3O/c1-10-11(9-15)7-8-13(16-10)14(18)17-12-5-3-2-4-6-12/h2-8H,1H3,(H,17,18). The molecule has 0 saturated carbocycles. The predicted molar refractivity (Wildman–Crippen MR) is 68.1 cm³/mol. The zero-order valence-corrected chi connectivity index (χ0v) is 9.84. The first-order chi connectivity index (χ1) is 8.70. The van der Waals surface area contributed by atoms with Crippen LogP contribution in [-0.2, 0) is 0 Å². The van der Waals surface area contributed by atoms with Crippen molar-refractivity contribution in [2.45, 2.75) is 6.92 Å². The number of anilines is 1. The van der Waals surface area contributed by atoms with Gasteiger partial charge in [-0.2, -0.15) is 5.26 Å². The molecular formula is C14H11N3O. The van der Waals surface area contributed by atoms with Gasteiger partial charge in [-0.3, -0.25) is 4.79 Å². The van der Waals surface area contributed by atoms with Gasteiger partial charge in [0.2, 0.25) is 0 Å². The lowest BCUT2D eigenvalue weighted by molar-refractivity contribution is 0.102. The second kappa shape index (κ2) is 5.11. The van der Waals surface area contributed by atoms with Crippen molar-refractivity contribution in [3.05, 3.63) is 59.4 Å². The highest BCUT2D eigenvalue weighted by Crippen LogP contribution is 2.09. The molecule has 1 amide bonds. The first-order valence-corrected chi connectivity index (χ1v) is 5.45. The molecule has 0 unspecified atom stereocenters. The van der Waals surface area contributed by atoms with Crippen molar-refractivity contribution in [2.75, 3.05) is 5.32 Å². The van der Waals surface area contributed by atoms with Gasteiger partial charge in [0, 0.05) is 5.69 Å². The van der Waals surface area contributed by atoms with E-state index in [9.17, 15) is 4.79 Å². The van der Waals surface area contributed by atoms with Crippen LogP contribution in [0.3, 0.4) is 0 Å². The lowest BCUT2D eigenvalue weighted by Crippen LogP contribution is -2.14. The summed E-state index contributed by atoms with van der Waals surface area (Å²) in [5.41, 5.74) is 2.05. The molecule has 0 saturated heterocycles. The fourth-order valence-electron chi connectivity index (χ4n) is 1.52. The van der Waals surface area contributed by atoms with Crippen LogP contribution in [-0.4, -0.2) is 10.9 Å². The van der Waals surface area contributed by atoms with E-state index in [1.165, 1.54) is 0 Å². The maximum Gasteiger partial charge on any atom is 0.274 e. The van der Waals surface area contributed by atoms with Crippen LogP contribution in [0.15, 0.2) is 42.5 Å². The van der Waals surface area contributed by atoms with Crippen molar-refractivity contribution in [3.63, 3.8) is 0 Å². The molecule has 0 aliphatic rings. The van der Waals surface area contributed by atoms with Crippen LogP contribution in [0.2, 0.25) is 0 Å². The van der Waals surface area contributed by atoms with Crippen LogP contribution in [0.1, 0.15) is 21.7 Å². The number of aromatic nitrogens is 1. The van der Waals surface area contributed by atoms with E-state index in [0.29, 0.717) is 22.6 Å². The van der Waals surface area contributed by atoms with E-state index in [0.717, 1.165) is 0 Å². The number of hydrogen-bond donors (Lipinski definition) is 1. The molecule has 1 heterocycles. The Morgan fingerprint density at radius 3 is 2.56 bits per heavy atom. The van der Waals surface area contributed by atoms with E-state index in [2.05, 4.69) is 10.3 Å². The van der Waals surface area contributed by atoms with Crippen molar-refractivity contribution in [3.8, 4) is 6.07 Å². The number of hydrogen-bond acceptors (Lipinski definition) is 3. The van der Waals surface area contributed by atoms with E-state index in [1.807, 2.05) is 24.3 Å². The van der Waals surface area contributed by atoms with Crippen LogP contribution < -0.4 is 5.32 Å².